The Morgan fingerprint density at radius 3 is 2.53 bits per heavy atom. The SMILES string of the molecule is CC(C)On1cc(Br)c(-c2ccc(F)cc2)n1. The van der Waals surface area contributed by atoms with Crippen LogP contribution in [0, 0.1) is 5.82 Å². The highest BCUT2D eigenvalue weighted by Gasteiger charge is 2.10. The summed E-state index contributed by atoms with van der Waals surface area (Å²) < 4.78 is 13.6. The van der Waals surface area contributed by atoms with E-state index in [2.05, 4.69) is 21.0 Å². The molecular weight excluding hydrogens is 287 g/mol. The molecule has 0 aliphatic heterocycles. The first-order valence-electron chi connectivity index (χ1n) is 5.24. The van der Waals surface area contributed by atoms with Gasteiger partial charge in [-0.25, -0.2) is 4.39 Å². The molecule has 5 heteroatoms. The van der Waals surface area contributed by atoms with E-state index in [0.29, 0.717) is 0 Å². The van der Waals surface area contributed by atoms with Gasteiger partial charge in [0.15, 0.2) is 0 Å². The van der Waals surface area contributed by atoms with E-state index in [9.17, 15) is 4.39 Å². The Balaban J connectivity index is 2.32. The minimum atomic E-state index is -0.261. The molecular formula is C12H12BrFN2O. The second kappa shape index (κ2) is 4.87. The molecule has 3 nitrogen and oxygen atoms in total. The summed E-state index contributed by atoms with van der Waals surface area (Å²) in [7, 11) is 0. The second-order valence-electron chi connectivity index (χ2n) is 3.89. The summed E-state index contributed by atoms with van der Waals surface area (Å²) >= 11 is 3.41. The third kappa shape index (κ3) is 2.85. The molecule has 0 saturated heterocycles. The minimum Gasteiger partial charge on any atom is -0.394 e. The molecule has 0 radical (unpaired) electrons. The summed E-state index contributed by atoms with van der Waals surface area (Å²) in [5, 5.41) is 4.27. The van der Waals surface area contributed by atoms with E-state index in [1.54, 1.807) is 18.3 Å². The van der Waals surface area contributed by atoms with E-state index in [1.807, 2.05) is 13.8 Å². The van der Waals surface area contributed by atoms with Gasteiger partial charge in [-0.2, -0.15) is 0 Å². The van der Waals surface area contributed by atoms with Gasteiger partial charge in [-0.3, -0.25) is 0 Å². The molecule has 0 saturated carbocycles. The zero-order chi connectivity index (χ0) is 12.4. The number of halogens is 2. The van der Waals surface area contributed by atoms with Crippen molar-refractivity contribution in [1.29, 1.82) is 0 Å². The molecule has 0 N–H and O–H groups in total. The van der Waals surface area contributed by atoms with E-state index >= 15 is 0 Å². The van der Waals surface area contributed by atoms with Gasteiger partial charge >= 0.3 is 0 Å². The van der Waals surface area contributed by atoms with Gasteiger partial charge in [0.2, 0.25) is 0 Å². The van der Waals surface area contributed by atoms with Crippen molar-refractivity contribution in [3.05, 3.63) is 40.8 Å². The molecule has 0 amide bonds. The third-order valence-electron chi connectivity index (χ3n) is 2.09. The third-order valence-corrected chi connectivity index (χ3v) is 2.67. The smallest absolute Gasteiger partial charge is 0.123 e. The average Bonchev–Trinajstić information content (AvgIpc) is 2.59. The Kier molecular flexibility index (Phi) is 3.47. The van der Waals surface area contributed by atoms with Crippen LogP contribution in [0.2, 0.25) is 0 Å². The lowest BCUT2D eigenvalue weighted by Gasteiger charge is -2.07. The van der Waals surface area contributed by atoms with Gasteiger partial charge < -0.3 is 4.84 Å². The fourth-order valence-corrected chi connectivity index (χ4v) is 1.89. The Labute approximate surface area is 107 Å². The zero-order valence-electron chi connectivity index (χ0n) is 9.52. The van der Waals surface area contributed by atoms with Crippen molar-refractivity contribution in [1.82, 2.24) is 9.94 Å². The topological polar surface area (TPSA) is 27.1 Å². The Bertz CT molecular complexity index is 508. The largest absolute Gasteiger partial charge is 0.394 e. The minimum absolute atomic E-state index is 0.0443. The average molecular weight is 299 g/mol. The van der Waals surface area contributed by atoms with Crippen LogP contribution in [-0.2, 0) is 0 Å². The molecule has 1 aromatic heterocycles. The zero-order valence-corrected chi connectivity index (χ0v) is 11.1. The van der Waals surface area contributed by atoms with Crippen LogP contribution < -0.4 is 4.84 Å². The summed E-state index contributed by atoms with van der Waals surface area (Å²) in [6.45, 7) is 3.85. The summed E-state index contributed by atoms with van der Waals surface area (Å²) in [5.74, 6) is -0.261. The predicted octanol–water partition coefficient (Wildman–Crippen LogP) is 3.29. The molecule has 0 aliphatic rings. The fourth-order valence-electron chi connectivity index (χ4n) is 1.41. The molecule has 0 atom stereocenters. The Morgan fingerprint density at radius 1 is 1.29 bits per heavy atom. The van der Waals surface area contributed by atoms with Gasteiger partial charge in [0, 0.05) is 5.56 Å². The fraction of sp³-hybridized carbons (Fsp3) is 0.250. The number of nitrogens with zero attached hydrogens (tertiary/aromatic N) is 2. The first-order valence-corrected chi connectivity index (χ1v) is 6.04. The van der Waals surface area contributed by atoms with Crippen LogP contribution in [-0.4, -0.2) is 16.0 Å². The highest BCUT2D eigenvalue weighted by molar-refractivity contribution is 9.10. The van der Waals surface area contributed by atoms with E-state index in [0.717, 1.165) is 15.7 Å². The van der Waals surface area contributed by atoms with Gasteiger partial charge in [0.1, 0.15) is 17.6 Å². The molecule has 0 spiro atoms. The number of hydrogen-bond acceptors (Lipinski definition) is 2. The number of aromatic nitrogens is 2. The van der Waals surface area contributed by atoms with E-state index in [1.165, 1.54) is 17.0 Å². The van der Waals surface area contributed by atoms with Crippen molar-refractivity contribution < 1.29 is 9.23 Å². The van der Waals surface area contributed by atoms with E-state index < -0.39 is 0 Å². The summed E-state index contributed by atoms with van der Waals surface area (Å²) in [6, 6.07) is 6.18. The molecule has 2 rings (SSSR count). The quantitative estimate of drug-likeness (QED) is 0.869. The van der Waals surface area contributed by atoms with Gasteiger partial charge in [-0.05, 0) is 54.0 Å². The lowest BCUT2D eigenvalue weighted by Crippen LogP contribution is -2.19. The van der Waals surface area contributed by atoms with Crippen LogP contribution in [0.1, 0.15) is 13.8 Å². The van der Waals surface area contributed by atoms with Gasteiger partial charge in [0.25, 0.3) is 0 Å². The number of hydrogen-bond donors (Lipinski definition) is 0. The van der Waals surface area contributed by atoms with Crippen LogP contribution in [0.4, 0.5) is 4.39 Å². The molecule has 1 heterocycles. The maximum atomic E-state index is 12.8. The molecule has 90 valence electrons. The van der Waals surface area contributed by atoms with E-state index in [-0.39, 0.29) is 11.9 Å². The highest BCUT2D eigenvalue weighted by atomic mass is 79.9. The van der Waals surface area contributed by atoms with Gasteiger partial charge in [-0.1, -0.05) is 0 Å². The highest BCUT2D eigenvalue weighted by Crippen LogP contribution is 2.26. The standard InChI is InChI=1S/C12H12BrFN2O/c1-8(2)17-16-7-11(13)12(15-16)9-3-5-10(14)6-4-9/h3-8H,1-2H3. The molecule has 17 heavy (non-hydrogen) atoms. The van der Waals surface area contributed by atoms with Crippen molar-refractivity contribution >= 4 is 15.9 Å². The monoisotopic (exact) mass is 298 g/mol. The molecule has 0 aliphatic carbocycles. The van der Waals surface area contributed by atoms with Gasteiger partial charge in [0.05, 0.1) is 10.7 Å². The number of rotatable bonds is 3. The first kappa shape index (κ1) is 12.1. The predicted molar refractivity (Wildman–Crippen MR) is 67.0 cm³/mol. The second-order valence-corrected chi connectivity index (χ2v) is 4.74. The molecule has 1 aromatic carbocycles. The first-order chi connectivity index (χ1) is 8.06. The van der Waals surface area contributed by atoms with Crippen molar-refractivity contribution in [3.8, 4) is 11.3 Å². The lowest BCUT2D eigenvalue weighted by atomic mass is 10.1. The van der Waals surface area contributed by atoms with Crippen molar-refractivity contribution in [2.45, 2.75) is 20.0 Å². The van der Waals surface area contributed by atoms with Crippen molar-refractivity contribution in [2.75, 3.05) is 0 Å². The van der Waals surface area contributed by atoms with Crippen LogP contribution >= 0.6 is 15.9 Å². The molecule has 0 bridgehead atoms. The van der Waals surface area contributed by atoms with Crippen molar-refractivity contribution in [2.24, 2.45) is 0 Å². The lowest BCUT2D eigenvalue weighted by molar-refractivity contribution is 0.0364. The van der Waals surface area contributed by atoms with Crippen LogP contribution in [0.5, 0.6) is 0 Å². The maximum absolute atomic E-state index is 12.8. The summed E-state index contributed by atoms with van der Waals surface area (Å²) in [6.07, 6.45) is 1.78. The summed E-state index contributed by atoms with van der Waals surface area (Å²) in [5.41, 5.74) is 1.56. The Morgan fingerprint density at radius 2 is 1.94 bits per heavy atom. The van der Waals surface area contributed by atoms with Crippen LogP contribution in [0.25, 0.3) is 11.3 Å². The van der Waals surface area contributed by atoms with Crippen LogP contribution in [0.3, 0.4) is 0 Å². The molecule has 0 fully saturated rings. The summed E-state index contributed by atoms with van der Waals surface area (Å²) in [4.78, 5) is 6.83. The molecule has 2 aromatic rings. The van der Waals surface area contributed by atoms with Gasteiger partial charge in [-0.15, -0.1) is 9.94 Å². The van der Waals surface area contributed by atoms with E-state index in [4.69, 9.17) is 4.84 Å². The Hall–Kier alpha value is -1.36. The normalized spacial score (nSPS) is 10.9. The molecule has 0 unspecified atom stereocenters. The maximum Gasteiger partial charge on any atom is 0.123 e. The van der Waals surface area contributed by atoms with Crippen LogP contribution in [0.15, 0.2) is 34.9 Å². The van der Waals surface area contributed by atoms with Crippen molar-refractivity contribution in [3.63, 3.8) is 0 Å². The number of benzene rings is 1.